The van der Waals surface area contributed by atoms with Gasteiger partial charge in [-0.2, -0.15) is 0 Å². The number of carbonyl (C=O) groups excluding carboxylic acids is 3. The Morgan fingerprint density at radius 2 is 1.48 bits per heavy atom. The summed E-state index contributed by atoms with van der Waals surface area (Å²) < 4.78 is 9.62. The van der Waals surface area contributed by atoms with Gasteiger partial charge in [-0.15, -0.1) is 0 Å². The summed E-state index contributed by atoms with van der Waals surface area (Å²) in [6.07, 6.45) is 3.31. The Morgan fingerprint density at radius 1 is 0.952 bits per heavy atom. The smallest absolute Gasteiger partial charge is 0.340 e. The highest BCUT2D eigenvalue weighted by molar-refractivity contribution is 6.02. The van der Waals surface area contributed by atoms with Crippen LogP contribution in [0.5, 0.6) is 0 Å². The molecule has 0 bridgehead atoms. The van der Waals surface area contributed by atoms with Crippen LogP contribution >= 0.6 is 0 Å². The lowest BCUT2D eigenvalue weighted by molar-refractivity contribution is -0.160. The first kappa shape index (κ1) is 19.4. The monoisotopic (exact) mass is 301 g/mol. The van der Waals surface area contributed by atoms with Crippen molar-refractivity contribution < 1.29 is 23.9 Å². The molecule has 21 heavy (non-hydrogen) atoms. The van der Waals surface area contributed by atoms with Crippen molar-refractivity contribution in [3.05, 3.63) is 0 Å². The summed E-state index contributed by atoms with van der Waals surface area (Å²) in [4.78, 5) is 35.7. The molecule has 0 aliphatic rings. The Morgan fingerprint density at radius 3 is 1.86 bits per heavy atom. The predicted molar refractivity (Wildman–Crippen MR) is 78.5 cm³/mol. The Kier molecular flexibility index (Phi) is 10.3. The molecule has 0 aromatic heterocycles. The van der Waals surface area contributed by atoms with Gasteiger partial charge in [-0.3, -0.25) is 4.79 Å². The number of rotatable bonds is 10. The predicted octanol–water partition coefficient (Wildman–Crippen LogP) is 1.81. The van der Waals surface area contributed by atoms with E-state index >= 15 is 0 Å². The minimum absolute atomic E-state index is 0.137. The van der Waals surface area contributed by atoms with Crippen molar-refractivity contribution in [3.8, 4) is 0 Å². The second kappa shape index (κ2) is 11.1. The number of hydrogen-bond acceptors (Lipinski definition) is 5. The van der Waals surface area contributed by atoms with E-state index in [0.29, 0.717) is 6.42 Å². The van der Waals surface area contributed by atoms with E-state index in [4.69, 9.17) is 9.47 Å². The fraction of sp³-hybridized carbons (Fsp3) is 0.800. The molecule has 0 aromatic rings. The van der Waals surface area contributed by atoms with Crippen molar-refractivity contribution in [2.24, 2.45) is 5.92 Å². The summed E-state index contributed by atoms with van der Waals surface area (Å²) in [5.41, 5.74) is 0. The lowest BCUT2D eigenvalue weighted by Crippen LogP contribution is -2.50. The summed E-state index contributed by atoms with van der Waals surface area (Å²) >= 11 is 0. The lowest BCUT2D eigenvalue weighted by Gasteiger charge is -2.19. The summed E-state index contributed by atoms with van der Waals surface area (Å²) in [5.74, 6) is -2.09. The third-order valence-corrected chi connectivity index (χ3v) is 3.10. The van der Waals surface area contributed by atoms with E-state index in [-0.39, 0.29) is 25.0 Å². The second-order valence-corrected chi connectivity index (χ2v) is 4.69. The number of esters is 2. The van der Waals surface area contributed by atoms with Crippen molar-refractivity contribution in [1.82, 2.24) is 5.32 Å². The molecule has 1 unspecified atom stereocenters. The van der Waals surface area contributed by atoms with Gasteiger partial charge in [0.2, 0.25) is 11.9 Å². The van der Waals surface area contributed by atoms with Gasteiger partial charge in [0, 0.05) is 5.92 Å². The molecule has 0 aliphatic carbocycles. The fourth-order valence-corrected chi connectivity index (χ4v) is 1.90. The summed E-state index contributed by atoms with van der Waals surface area (Å²) in [5, 5.41) is 2.46. The van der Waals surface area contributed by atoms with Crippen LogP contribution < -0.4 is 5.32 Å². The number of unbranched alkanes of at least 4 members (excludes halogenated alkanes) is 1. The van der Waals surface area contributed by atoms with E-state index < -0.39 is 18.0 Å². The maximum absolute atomic E-state index is 12.2. The van der Waals surface area contributed by atoms with Crippen LogP contribution in [0.1, 0.15) is 53.4 Å². The highest BCUT2D eigenvalue weighted by atomic mass is 16.6. The minimum Gasteiger partial charge on any atom is -0.464 e. The van der Waals surface area contributed by atoms with Gasteiger partial charge in [0.05, 0.1) is 13.2 Å². The van der Waals surface area contributed by atoms with Crippen molar-refractivity contribution in [1.29, 1.82) is 0 Å². The molecule has 0 radical (unpaired) electrons. The number of hydrogen-bond donors (Lipinski definition) is 1. The molecule has 0 aromatic carbocycles. The fourth-order valence-electron chi connectivity index (χ4n) is 1.90. The van der Waals surface area contributed by atoms with Crippen molar-refractivity contribution in [2.75, 3.05) is 13.2 Å². The van der Waals surface area contributed by atoms with Gasteiger partial charge in [-0.05, 0) is 26.7 Å². The van der Waals surface area contributed by atoms with Crippen LogP contribution in [0.4, 0.5) is 0 Å². The summed E-state index contributed by atoms with van der Waals surface area (Å²) in [7, 11) is 0. The molecule has 0 aliphatic heterocycles. The first-order valence-corrected chi connectivity index (χ1v) is 7.65. The molecule has 0 fully saturated rings. The number of nitrogens with one attached hydrogen (secondary N) is 1. The summed E-state index contributed by atoms with van der Waals surface area (Å²) in [6.45, 7) is 7.50. The van der Waals surface area contributed by atoms with Gasteiger partial charge < -0.3 is 14.8 Å². The van der Waals surface area contributed by atoms with Crippen LogP contribution in [-0.2, 0) is 23.9 Å². The highest BCUT2D eigenvalue weighted by Gasteiger charge is 2.32. The van der Waals surface area contributed by atoms with Crippen LogP contribution in [0.2, 0.25) is 0 Å². The van der Waals surface area contributed by atoms with E-state index in [9.17, 15) is 14.4 Å². The maximum Gasteiger partial charge on any atom is 0.340 e. The van der Waals surface area contributed by atoms with Crippen LogP contribution in [0.3, 0.4) is 0 Å². The zero-order chi connectivity index (χ0) is 16.3. The molecule has 6 heteroatoms. The number of ether oxygens (including phenoxy) is 2. The van der Waals surface area contributed by atoms with Crippen molar-refractivity contribution in [2.45, 2.75) is 59.4 Å². The maximum atomic E-state index is 12.2. The van der Waals surface area contributed by atoms with E-state index in [1.165, 1.54) is 0 Å². The standard InChI is InChI=1S/C15H27NO5/c1-5-9-10-11(6-2)13(17)16-12(14(18)20-7-3)15(19)21-8-4/h11-12H,5-10H2,1-4H3,(H,16,17). The van der Waals surface area contributed by atoms with Gasteiger partial charge >= 0.3 is 11.9 Å². The van der Waals surface area contributed by atoms with E-state index in [1.807, 2.05) is 13.8 Å². The Labute approximate surface area is 126 Å². The Bertz CT molecular complexity index is 325. The van der Waals surface area contributed by atoms with Crippen LogP contribution in [0.15, 0.2) is 0 Å². The molecule has 1 amide bonds. The minimum atomic E-state index is -1.38. The van der Waals surface area contributed by atoms with Gasteiger partial charge in [0.15, 0.2) is 0 Å². The molecule has 6 nitrogen and oxygen atoms in total. The second-order valence-electron chi connectivity index (χ2n) is 4.69. The highest BCUT2D eigenvalue weighted by Crippen LogP contribution is 2.13. The van der Waals surface area contributed by atoms with Crippen LogP contribution in [-0.4, -0.2) is 37.1 Å². The zero-order valence-corrected chi connectivity index (χ0v) is 13.4. The van der Waals surface area contributed by atoms with E-state index in [1.54, 1.807) is 13.8 Å². The normalized spacial score (nSPS) is 11.9. The molecular formula is C15H27NO5. The van der Waals surface area contributed by atoms with Gasteiger partial charge in [0.1, 0.15) is 0 Å². The molecule has 122 valence electrons. The average molecular weight is 301 g/mol. The van der Waals surface area contributed by atoms with Crippen molar-refractivity contribution >= 4 is 17.8 Å². The average Bonchev–Trinajstić information content (AvgIpc) is 2.45. The van der Waals surface area contributed by atoms with Crippen LogP contribution in [0.25, 0.3) is 0 Å². The van der Waals surface area contributed by atoms with E-state index in [0.717, 1.165) is 19.3 Å². The van der Waals surface area contributed by atoms with E-state index in [2.05, 4.69) is 5.32 Å². The van der Waals surface area contributed by atoms with Gasteiger partial charge in [-0.25, -0.2) is 9.59 Å². The third-order valence-electron chi connectivity index (χ3n) is 3.10. The largest absolute Gasteiger partial charge is 0.464 e. The Hall–Kier alpha value is -1.59. The summed E-state index contributed by atoms with van der Waals surface area (Å²) in [6, 6.07) is -1.38. The molecule has 1 atom stereocenters. The van der Waals surface area contributed by atoms with Gasteiger partial charge in [-0.1, -0.05) is 26.7 Å². The first-order chi connectivity index (χ1) is 10.0. The Balaban J connectivity index is 4.80. The number of amides is 1. The molecule has 0 saturated heterocycles. The SMILES string of the molecule is CCCCC(CC)C(=O)NC(C(=O)OCC)C(=O)OCC. The zero-order valence-electron chi connectivity index (χ0n) is 13.4. The molecular weight excluding hydrogens is 274 g/mol. The molecule has 0 saturated carbocycles. The first-order valence-electron chi connectivity index (χ1n) is 7.65. The quantitative estimate of drug-likeness (QED) is 0.491. The van der Waals surface area contributed by atoms with Gasteiger partial charge in [0.25, 0.3) is 0 Å². The molecule has 0 heterocycles. The number of carbonyl (C=O) groups is 3. The molecule has 0 spiro atoms. The lowest BCUT2D eigenvalue weighted by atomic mass is 9.98. The topological polar surface area (TPSA) is 81.7 Å². The molecule has 1 N–H and O–H groups in total. The van der Waals surface area contributed by atoms with Crippen molar-refractivity contribution in [3.63, 3.8) is 0 Å². The van der Waals surface area contributed by atoms with Crippen LogP contribution in [0, 0.1) is 5.92 Å². The molecule has 0 rings (SSSR count). The third kappa shape index (κ3) is 7.11.